The molecule has 0 heterocycles. The summed E-state index contributed by atoms with van der Waals surface area (Å²) in [6, 6.07) is 15.6. The predicted molar refractivity (Wildman–Crippen MR) is 96.8 cm³/mol. The summed E-state index contributed by atoms with van der Waals surface area (Å²) in [6.07, 6.45) is 0.911. The van der Waals surface area contributed by atoms with E-state index in [4.69, 9.17) is 4.74 Å². The highest BCUT2D eigenvalue weighted by Gasteiger charge is 2.11. The van der Waals surface area contributed by atoms with Gasteiger partial charge in [0, 0.05) is 22.3 Å². The van der Waals surface area contributed by atoms with E-state index in [1.54, 1.807) is 13.2 Å². The van der Waals surface area contributed by atoms with E-state index < -0.39 is 0 Å². The third kappa shape index (κ3) is 5.37. The number of anilines is 1. The second-order valence-corrected chi connectivity index (χ2v) is 6.09. The van der Waals surface area contributed by atoms with Crippen molar-refractivity contribution in [1.82, 2.24) is 5.32 Å². The van der Waals surface area contributed by atoms with Gasteiger partial charge in [0.1, 0.15) is 5.75 Å². The molecular formula is C18H21BrN2O2. The van der Waals surface area contributed by atoms with Crippen molar-refractivity contribution in [3.63, 3.8) is 0 Å². The maximum atomic E-state index is 12.1. The van der Waals surface area contributed by atoms with Crippen LogP contribution in [0.3, 0.4) is 0 Å². The van der Waals surface area contributed by atoms with E-state index in [-0.39, 0.29) is 18.5 Å². The third-order valence-corrected chi connectivity index (χ3v) is 4.07. The molecule has 0 aliphatic carbocycles. The van der Waals surface area contributed by atoms with Crippen molar-refractivity contribution in [3.05, 3.63) is 58.6 Å². The summed E-state index contributed by atoms with van der Waals surface area (Å²) < 4.78 is 6.20. The molecule has 0 aliphatic rings. The highest BCUT2D eigenvalue weighted by molar-refractivity contribution is 9.10. The second-order valence-electron chi connectivity index (χ2n) is 5.17. The van der Waals surface area contributed by atoms with Crippen LogP contribution in [0.1, 0.15) is 24.9 Å². The van der Waals surface area contributed by atoms with Gasteiger partial charge in [-0.05, 0) is 36.2 Å². The van der Waals surface area contributed by atoms with Gasteiger partial charge >= 0.3 is 0 Å². The summed E-state index contributed by atoms with van der Waals surface area (Å²) in [4.78, 5) is 12.1. The van der Waals surface area contributed by atoms with Crippen LogP contribution in [0, 0.1) is 0 Å². The van der Waals surface area contributed by atoms with E-state index >= 15 is 0 Å². The monoisotopic (exact) mass is 376 g/mol. The van der Waals surface area contributed by atoms with Crippen LogP contribution in [-0.2, 0) is 4.79 Å². The molecule has 0 spiro atoms. The molecule has 5 heteroatoms. The maximum Gasteiger partial charge on any atom is 0.238 e. The predicted octanol–water partition coefficient (Wildman–Crippen LogP) is 4.14. The first-order valence-electron chi connectivity index (χ1n) is 7.55. The second kappa shape index (κ2) is 8.70. The molecule has 1 atom stereocenters. The lowest BCUT2D eigenvalue weighted by Gasteiger charge is -2.17. The van der Waals surface area contributed by atoms with Gasteiger partial charge in [0.05, 0.1) is 13.7 Å². The average Bonchev–Trinajstić information content (AvgIpc) is 2.57. The number of halogens is 1. The van der Waals surface area contributed by atoms with Crippen LogP contribution in [0.5, 0.6) is 5.75 Å². The van der Waals surface area contributed by atoms with Gasteiger partial charge in [-0.1, -0.05) is 41.1 Å². The number of nitrogens with one attached hydrogen (secondary N) is 2. The van der Waals surface area contributed by atoms with Crippen molar-refractivity contribution in [1.29, 1.82) is 0 Å². The highest BCUT2D eigenvalue weighted by atomic mass is 79.9. The molecular weight excluding hydrogens is 356 g/mol. The van der Waals surface area contributed by atoms with Crippen LogP contribution in [0.2, 0.25) is 0 Å². The molecule has 0 saturated carbocycles. The summed E-state index contributed by atoms with van der Waals surface area (Å²) in [5, 5.41) is 6.16. The fourth-order valence-corrected chi connectivity index (χ4v) is 2.58. The Hall–Kier alpha value is -1.85. The highest BCUT2D eigenvalue weighted by Crippen LogP contribution is 2.19. The normalized spacial score (nSPS) is 11.8. The number of amides is 1. The topological polar surface area (TPSA) is 50.4 Å². The van der Waals surface area contributed by atoms with Gasteiger partial charge in [-0.3, -0.25) is 4.79 Å². The Morgan fingerprint density at radius 3 is 2.61 bits per heavy atom. The summed E-state index contributed by atoms with van der Waals surface area (Å²) >= 11 is 3.43. The Bertz CT molecular complexity index is 644. The first-order valence-corrected chi connectivity index (χ1v) is 8.34. The molecule has 0 aliphatic heterocycles. The summed E-state index contributed by atoms with van der Waals surface area (Å²) in [6.45, 7) is 2.35. The quantitative estimate of drug-likeness (QED) is 0.763. The van der Waals surface area contributed by atoms with Crippen molar-refractivity contribution < 1.29 is 9.53 Å². The maximum absolute atomic E-state index is 12.1. The Morgan fingerprint density at radius 2 is 1.96 bits per heavy atom. The molecule has 122 valence electrons. The van der Waals surface area contributed by atoms with Gasteiger partial charge in [0.15, 0.2) is 0 Å². The molecule has 1 amide bonds. The Morgan fingerprint density at radius 1 is 1.22 bits per heavy atom. The van der Waals surface area contributed by atoms with Crippen molar-refractivity contribution in [2.45, 2.75) is 19.4 Å². The smallest absolute Gasteiger partial charge is 0.238 e. The number of carbonyl (C=O) groups is 1. The summed E-state index contributed by atoms with van der Waals surface area (Å²) in [7, 11) is 1.60. The number of carbonyl (C=O) groups excluding carboxylic acids is 1. The van der Waals surface area contributed by atoms with E-state index in [0.29, 0.717) is 0 Å². The molecule has 4 nitrogen and oxygen atoms in total. The zero-order chi connectivity index (χ0) is 16.7. The largest absolute Gasteiger partial charge is 0.497 e. The number of ether oxygens (including phenoxy) is 1. The van der Waals surface area contributed by atoms with Gasteiger partial charge < -0.3 is 15.4 Å². The minimum absolute atomic E-state index is 0.0752. The number of hydrogen-bond donors (Lipinski definition) is 2. The van der Waals surface area contributed by atoms with Crippen molar-refractivity contribution in [3.8, 4) is 5.75 Å². The van der Waals surface area contributed by atoms with Crippen molar-refractivity contribution in [2.75, 3.05) is 19.0 Å². The van der Waals surface area contributed by atoms with Gasteiger partial charge in [-0.2, -0.15) is 0 Å². The van der Waals surface area contributed by atoms with Crippen LogP contribution in [-0.4, -0.2) is 19.6 Å². The number of hydrogen-bond acceptors (Lipinski definition) is 3. The van der Waals surface area contributed by atoms with Crippen LogP contribution in [0.4, 0.5) is 5.69 Å². The van der Waals surface area contributed by atoms with Crippen molar-refractivity contribution in [2.24, 2.45) is 0 Å². The lowest BCUT2D eigenvalue weighted by atomic mass is 10.0. The summed E-state index contributed by atoms with van der Waals surface area (Å²) in [5.74, 6) is 0.644. The van der Waals surface area contributed by atoms with Crippen LogP contribution in [0.15, 0.2) is 53.0 Å². The molecule has 2 aromatic carbocycles. The lowest BCUT2D eigenvalue weighted by Crippen LogP contribution is -2.31. The number of methoxy groups -OCH3 is 1. The Balaban J connectivity index is 1.90. The van der Waals surface area contributed by atoms with Crippen molar-refractivity contribution >= 4 is 27.5 Å². The van der Waals surface area contributed by atoms with Gasteiger partial charge in [0.2, 0.25) is 5.91 Å². The van der Waals surface area contributed by atoms with E-state index in [1.165, 1.54) is 5.56 Å². The first kappa shape index (κ1) is 17.5. The molecule has 0 fully saturated rings. The van der Waals surface area contributed by atoms with Crippen LogP contribution < -0.4 is 15.4 Å². The fraction of sp³-hybridized carbons (Fsp3) is 0.278. The molecule has 0 unspecified atom stereocenters. The third-order valence-electron chi connectivity index (χ3n) is 3.54. The number of benzene rings is 2. The minimum atomic E-state index is -0.0752. The number of rotatable bonds is 7. The van der Waals surface area contributed by atoms with Gasteiger partial charge in [-0.25, -0.2) is 0 Å². The van der Waals surface area contributed by atoms with E-state index in [0.717, 1.165) is 22.3 Å². The SMILES string of the molecule is CC[C@H](NCC(=O)Nc1cccc(OC)c1)c1ccc(Br)cc1. The van der Waals surface area contributed by atoms with Crippen LogP contribution in [0.25, 0.3) is 0 Å². The Labute approximate surface area is 145 Å². The molecule has 2 N–H and O–H groups in total. The zero-order valence-electron chi connectivity index (χ0n) is 13.3. The van der Waals surface area contributed by atoms with Crippen LogP contribution >= 0.6 is 15.9 Å². The van der Waals surface area contributed by atoms with Gasteiger partial charge in [0.25, 0.3) is 0 Å². The molecule has 0 bridgehead atoms. The van der Waals surface area contributed by atoms with Gasteiger partial charge in [-0.15, -0.1) is 0 Å². The Kier molecular flexibility index (Phi) is 6.62. The average molecular weight is 377 g/mol. The molecule has 0 aromatic heterocycles. The van der Waals surface area contributed by atoms with E-state index in [9.17, 15) is 4.79 Å². The standard InChI is InChI=1S/C18H21BrN2O2/c1-3-17(13-7-9-14(19)10-8-13)20-12-18(22)21-15-5-4-6-16(11-15)23-2/h4-11,17,20H,3,12H2,1-2H3,(H,21,22)/t17-/m0/s1. The lowest BCUT2D eigenvalue weighted by molar-refractivity contribution is -0.115. The molecule has 23 heavy (non-hydrogen) atoms. The summed E-state index contributed by atoms with van der Waals surface area (Å²) in [5.41, 5.74) is 1.90. The molecule has 0 saturated heterocycles. The van der Waals surface area contributed by atoms with E-state index in [1.807, 2.05) is 30.3 Å². The van der Waals surface area contributed by atoms with E-state index in [2.05, 4.69) is 45.6 Å². The first-order chi connectivity index (χ1) is 11.1. The fourth-order valence-electron chi connectivity index (χ4n) is 2.31. The minimum Gasteiger partial charge on any atom is -0.497 e. The molecule has 2 aromatic rings. The molecule has 0 radical (unpaired) electrons. The molecule has 2 rings (SSSR count). The zero-order valence-corrected chi connectivity index (χ0v) is 14.9.